The third-order valence-electron chi connectivity index (χ3n) is 24.4. The largest absolute Gasteiger partial charge is 0.459 e. The van der Waals surface area contributed by atoms with Crippen molar-refractivity contribution < 1.29 is 57.2 Å². The molecule has 112 heavy (non-hydrogen) atoms. The van der Waals surface area contributed by atoms with Gasteiger partial charge in [-0.2, -0.15) is 0 Å². The number of nitrogens with zero attached hydrogens (tertiary/aromatic N) is 1. The second kappa shape index (κ2) is 42.3. The summed E-state index contributed by atoms with van der Waals surface area (Å²) >= 11 is 0. The van der Waals surface area contributed by atoms with Gasteiger partial charge >= 0.3 is 35.8 Å². The van der Waals surface area contributed by atoms with Gasteiger partial charge < -0.3 is 60.3 Å². The molecule has 4 aromatic carbocycles. The summed E-state index contributed by atoms with van der Waals surface area (Å²) < 4.78 is 36.3. The molecule has 0 spiro atoms. The van der Waals surface area contributed by atoms with E-state index in [9.17, 15) is 28.8 Å². The summed E-state index contributed by atoms with van der Waals surface area (Å²) in [6.07, 6.45) is 13.9. The highest BCUT2D eigenvalue weighted by Crippen LogP contribution is 2.43. The standard InChI is InChI=1S/C32H52N2O4.C30H40N2O4S2.C29H47N3O4/c1-29(2,27(35)37-31(5,6)25-12-16-33-17-13-25)21-23-10-9-11-24(20-23)22-30(3,4)28(36)38-32(7,8)26-14-18-34-19-15-26;1-29(2,21-13-17-31-18-14-21)35-27(33)23-9-5-7-11-25(23)37-38-26-12-8-6-10-24(26)28(34)36-30(3,4)22-15-19-32-20-16-22;1-28(2,24-10-16-30-17-11-24)35-26(33)14-20-32(22-23-8-6-5-7-9-23)21-15-27(34)36-29(3,4)25-12-18-31-19-13-25/h9-11,20,25-26,33-34H,12-19,21-22H2,1-8H3;5-12,21-22,31-32H,13-20H2,1-4H3;5-9,24-25,30-31H,10-22H2,1-4H3. The summed E-state index contributed by atoms with van der Waals surface area (Å²) in [4.78, 5) is 82.5. The third kappa shape index (κ3) is 28.5. The monoisotopic (exact) mass is 1590 g/mol. The van der Waals surface area contributed by atoms with Crippen molar-refractivity contribution in [1.29, 1.82) is 0 Å². The topological polar surface area (TPSA) is 233 Å². The van der Waals surface area contributed by atoms with Gasteiger partial charge in [0.2, 0.25) is 0 Å². The van der Waals surface area contributed by atoms with Gasteiger partial charge in [0.1, 0.15) is 33.6 Å². The zero-order valence-corrected chi connectivity index (χ0v) is 72.5. The zero-order valence-electron chi connectivity index (χ0n) is 70.9. The van der Waals surface area contributed by atoms with Crippen LogP contribution in [0.4, 0.5) is 0 Å². The molecule has 10 rings (SSSR count). The summed E-state index contributed by atoms with van der Waals surface area (Å²) in [6, 6.07) is 33.4. The van der Waals surface area contributed by atoms with E-state index in [0.717, 1.165) is 182 Å². The van der Waals surface area contributed by atoms with Crippen LogP contribution in [0.1, 0.15) is 238 Å². The Morgan fingerprint density at radius 1 is 0.330 bits per heavy atom. The number of benzene rings is 4. The molecule has 21 heteroatoms. The summed E-state index contributed by atoms with van der Waals surface area (Å²) in [5.74, 6) is 0.859. The third-order valence-corrected chi connectivity index (χ3v) is 26.9. The Hall–Kier alpha value is -5.88. The molecule has 0 saturated carbocycles. The second-order valence-corrected chi connectivity index (χ2v) is 38.8. The first-order valence-electron chi connectivity index (χ1n) is 41.9. The molecule has 0 aromatic heterocycles. The highest BCUT2D eigenvalue weighted by atomic mass is 33.1. The number of hydrogen-bond donors (Lipinski definition) is 6. The van der Waals surface area contributed by atoms with Crippen LogP contribution in [-0.4, -0.2) is 166 Å². The Bertz CT molecular complexity index is 3410. The summed E-state index contributed by atoms with van der Waals surface area (Å²) in [7, 11) is 2.91. The van der Waals surface area contributed by atoms with Crippen LogP contribution < -0.4 is 31.9 Å². The maximum Gasteiger partial charge on any atom is 0.339 e. The van der Waals surface area contributed by atoms with Crippen LogP contribution in [0.15, 0.2) is 113 Å². The first-order valence-corrected chi connectivity index (χ1v) is 44.1. The lowest BCUT2D eigenvalue weighted by Crippen LogP contribution is -2.45. The molecular weight excluding hydrogens is 1450 g/mol. The maximum absolute atomic E-state index is 13.3. The number of rotatable bonds is 31. The van der Waals surface area contributed by atoms with Crippen LogP contribution in [-0.2, 0) is 67.0 Å². The van der Waals surface area contributed by atoms with E-state index in [1.54, 1.807) is 0 Å². The van der Waals surface area contributed by atoms with Gasteiger partial charge in [0.15, 0.2) is 0 Å². The van der Waals surface area contributed by atoms with Gasteiger partial charge in [0.25, 0.3) is 0 Å². The minimum absolute atomic E-state index is 0.157. The van der Waals surface area contributed by atoms with Crippen LogP contribution >= 0.6 is 21.6 Å². The summed E-state index contributed by atoms with van der Waals surface area (Å²) in [5.41, 5.74) is 0.0975. The van der Waals surface area contributed by atoms with Crippen molar-refractivity contribution in [3.05, 3.63) is 131 Å². The molecule has 622 valence electrons. The zero-order chi connectivity index (χ0) is 81.4. The number of ether oxygens (including phenoxy) is 6. The first-order chi connectivity index (χ1) is 52.9. The lowest BCUT2D eigenvalue weighted by atomic mass is 9.80. The SMILES string of the molecule is CC(C)(Cc1cccc(CC(C)(C)C(=O)OC(C)(C)C2CCNCC2)c1)C(=O)OC(C)(C)C1CCNCC1.CC(C)(OC(=O)CCN(CCC(=O)OC(C)(C)C1CCNCC1)Cc1ccccc1)C1CCNCC1.CC(C)(OC(=O)c1ccccc1SSc1ccccc1C(=O)OC(C)(C)C1CCNCC1)C1CCNCC1. The molecule has 6 saturated heterocycles. The highest BCUT2D eigenvalue weighted by Gasteiger charge is 2.43. The van der Waals surface area contributed by atoms with E-state index >= 15 is 0 Å². The molecule has 4 aromatic rings. The molecule has 0 bridgehead atoms. The number of nitrogens with one attached hydrogen (secondary N) is 6. The normalized spacial score (nSPS) is 18.2. The molecule has 6 N–H and O–H groups in total. The summed E-state index contributed by atoms with van der Waals surface area (Å²) in [5, 5.41) is 20.3. The second-order valence-electron chi connectivity index (χ2n) is 36.6. The molecule has 0 radical (unpaired) electrons. The fraction of sp³-hybridized carbons (Fsp3) is 0.670. The van der Waals surface area contributed by atoms with Crippen molar-refractivity contribution in [3.63, 3.8) is 0 Å². The fourth-order valence-corrected chi connectivity index (χ4v) is 19.1. The average molecular weight is 1590 g/mol. The van der Waals surface area contributed by atoms with E-state index in [1.165, 1.54) is 21.6 Å². The van der Waals surface area contributed by atoms with E-state index in [4.69, 9.17) is 28.4 Å². The number of carbonyl (C=O) groups excluding carboxylic acids is 6. The molecule has 19 nitrogen and oxygen atoms in total. The fourth-order valence-electron chi connectivity index (χ4n) is 16.8. The molecular formula is C91H139N7O12S2. The van der Waals surface area contributed by atoms with Gasteiger partial charge in [-0.15, -0.1) is 0 Å². The smallest absolute Gasteiger partial charge is 0.339 e. The van der Waals surface area contributed by atoms with Gasteiger partial charge in [0.05, 0.1) is 34.8 Å². The molecule has 0 amide bonds. The van der Waals surface area contributed by atoms with Gasteiger partial charge in [0, 0.05) is 64.9 Å². The molecule has 0 aliphatic carbocycles. The highest BCUT2D eigenvalue weighted by molar-refractivity contribution is 8.76. The Balaban J connectivity index is 0.000000211. The van der Waals surface area contributed by atoms with E-state index in [0.29, 0.717) is 92.0 Å². The Morgan fingerprint density at radius 3 is 0.893 bits per heavy atom. The predicted molar refractivity (Wildman–Crippen MR) is 450 cm³/mol. The Kier molecular flexibility index (Phi) is 34.6. The Morgan fingerprint density at radius 2 is 0.589 bits per heavy atom. The summed E-state index contributed by atoms with van der Waals surface area (Å²) in [6.45, 7) is 45.6. The predicted octanol–water partition coefficient (Wildman–Crippen LogP) is 15.7. The van der Waals surface area contributed by atoms with Crippen molar-refractivity contribution in [2.45, 2.75) is 263 Å². The van der Waals surface area contributed by atoms with Gasteiger partial charge in [-0.1, -0.05) is 100 Å². The van der Waals surface area contributed by atoms with E-state index < -0.39 is 44.4 Å². The average Bonchev–Trinajstić information content (AvgIpc) is 0.813. The Labute approximate surface area is 679 Å². The minimum Gasteiger partial charge on any atom is -0.459 e. The van der Waals surface area contributed by atoms with Crippen LogP contribution in [0.3, 0.4) is 0 Å². The van der Waals surface area contributed by atoms with Crippen LogP contribution in [0.2, 0.25) is 0 Å². The van der Waals surface area contributed by atoms with Crippen LogP contribution in [0.25, 0.3) is 0 Å². The molecule has 0 atom stereocenters. The number of carbonyl (C=O) groups is 6. The van der Waals surface area contributed by atoms with E-state index in [2.05, 4.69) is 67.1 Å². The molecule has 6 heterocycles. The van der Waals surface area contributed by atoms with Gasteiger partial charge in [-0.05, 0) is 320 Å². The van der Waals surface area contributed by atoms with Gasteiger partial charge in [-0.25, -0.2) is 9.59 Å². The van der Waals surface area contributed by atoms with Crippen LogP contribution in [0.5, 0.6) is 0 Å². The lowest BCUT2D eigenvalue weighted by molar-refractivity contribution is -0.174. The quantitative estimate of drug-likeness (QED) is 0.0156. The van der Waals surface area contributed by atoms with Crippen molar-refractivity contribution in [2.75, 3.05) is 91.6 Å². The van der Waals surface area contributed by atoms with Crippen LogP contribution in [0, 0.1) is 46.3 Å². The van der Waals surface area contributed by atoms with Crippen molar-refractivity contribution in [3.8, 4) is 0 Å². The number of esters is 6. The maximum atomic E-state index is 13.3. The number of piperidine rings is 6. The van der Waals surface area contributed by atoms with Crippen molar-refractivity contribution in [2.24, 2.45) is 46.3 Å². The molecule has 6 aliphatic heterocycles. The van der Waals surface area contributed by atoms with Crippen molar-refractivity contribution in [1.82, 2.24) is 36.8 Å². The first kappa shape index (κ1) is 91.6. The number of hydrogen-bond acceptors (Lipinski definition) is 21. The van der Waals surface area contributed by atoms with Crippen molar-refractivity contribution >= 4 is 57.4 Å². The van der Waals surface area contributed by atoms with E-state index in [-0.39, 0.29) is 35.8 Å². The lowest BCUT2D eigenvalue weighted by Gasteiger charge is -2.39. The van der Waals surface area contributed by atoms with E-state index in [1.807, 2.05) is 184 Å². The van der Waals surface area contributed by atoms with Gasteiger partial charge in [-0.3, -0.25) is 24.1 Å². The molecule has 0 unspecified atom stereocenters. The molecule has 6 fully saturated rings. The minimum atomic E-state index is -0.657. The molecule has 6 aliphatic rings.